The molecule has 0 radical (unpaired) electrons. The van der Waals surface area contributed by atoms with E-state index in [0.29, 0.717) is 41.0 Å². The van der Waals surface area contributed by atoms with E-state index in [4.69, 9.17) is 10.7 Å². The standard InChI is InChI=1S/C24H26F4N8O/c1-13(37)35-9-8-18(24(27,28)12-35)32-23-33-22(29)21-15(7-10-36(21)34-23)16-5-6-17-20(31-16)14(11-30-17)3-2-4-19(25)26/h5-7,10-11,14,18-19H,2-4,8-9,12H2,1H3,(H3,29,32,33,34)/t14?,18-/m1/s1. The molecule has 3 aromatic heterocycles. The Morgan fingerprint density at radius 2 is 2.08 bits per heavy atom. The number of pyridine rings is 1. The largest absolute Gasteiger partial charge is 0.382 e. The minimum Gasteiger partial charge on any atom is -0.382 e. The maximum absolute atomic E-state index is 14.7. The molecule has 196 valence electrons. The normalized spacial score (nSPS) is 20.5. The summed E-state index contributed by atoms with van der Waals surface area (Å²) in [6.45, 7) is 0.786. The summed E-state index contributed by atoms with van der Waals surface area (Å²) in [5, 5.41) is 7.00. The second-order valence-electron chi connectivity index (χ2n) is 9.34. The molecule has 0 saturated carbocycles. The van der Waals surface area contributed by atoms with Crippen LogP contribution in [0.1, 0.15) is 44.2 Å². The molecule has 0 bridgehead atoms. The zero-order valence-electron chi connectivity index (χ0n) is 20.0. The Bertz CT molecular complexity index is 1360. The van der Waals surface area contributed by atoms with Crippen LogP contribution in [0.5, 0.6) is 0 Å². The molecule has 3 aromatic rings. The van der Waals surface area contributed by atoms with Gasteiger partial charge in [0.1, 0.15) is 5.52 Å². The molecular formula is C24H26F4N8O. The van der Waals surface area contributed by atoms with Crippen molar-refractivity contribution in [3.63, 3.8) is 0 Å². The second kappa shape index (κ2) is 9.60. The zero-order chi connectivity index (χ0) is 26.3. The summed E-state index contributed by atoms with van der Waals surface area (Å²) in [5.74, 6) is -3.69. The Balaban J connectivity index is 1.38. The van der Waals surface area contributed by atoms with E-state index in [2.05, 4.69) is 20.4 Å². The van der Waals surface area contributed by atoms with Crippen LogP contribution in [0.4, 0.5) is 35.0 Å². The smallest absolute Gasteiger partial charge is 0.285 e. The lowest BCUT2D eigenvalue weighted by Crippen LogP contribution is -2.55. The highest BCUT2D eigenvalue weighted by Gasteiger charge is 2.45. The third kappa shape index (κ3) is 4.94. The molecule has 0 aromatic carbocycles. The number of hydrogen-bond donors (Lipinski definition) is 2. The predicted molar refractivity (Wildman–Crippen MR) is 131 cm³/mol. The highest BCUT2D eigenvalue weighted by molar-refractivity contribution is 5.88. The van der Waals surface area contributed by atoms with Gasteiger partial charge in [-0.05, 0) is 37.5 Å². The van der Waals surface area contributed by atoms with Gasteiger partial charge in [0.2, 0.25) is 18.3 Å². The topological polar surface area (TPSA) is 114 Å². The summed E-state index contributed by atoms with van der Waals surface area (Å²) in [5.41, 5.74) is 9.33. The van der Waals surface area contributed by atoms with E-state index in [9.17, 15) is 22.4 Å². The van der Waals surface area contributed by atoms with E-state index >= 15 is 0 Å². The molecule has 9 nitrogen and oxygen atoms in total. The summed E-state index contributed by atoms with van der Waals surface area (Å²) in [4.78, 5) is 25.9. The molecule has 3 N–H and O–H groups in total. The van der Waals surface area contributed by atoms with Crippen LogP contribution in [-0.2, 0) is 4.79 Å². The van der Waals surface area contributed by atoms with Gasteiger partial charge < -0.3 is 16.0 Å². The van der Waals surface area contributed by atoms with Crippen molar-refractivity contribution in [3.8, 4) is 11.3 Å². The molecule has 1 unspecified atom stereocenters. The van der Waals surface area contributed by atoms with Crippen molar-refractivity contribution >= 4 is 35.1 Å². The van der Waals surface area contributed by atoms with Gasteiger partial charge in [0, 0.05) is 43.8 Å². The van der Waals surface area contributed by atoms with Crippen LogP contribution in [0.15, 0.2) is 29.4 Å². The number of anilines is 2. The van der Waals surface area contributed by atoms with Gasteiger partial charge in [0.25, 0.3) is 5.92 Å². The number of halogens is 4. The number of alkyl halides is 4. The van der Waals surface area contributed by atoms with Crippen LogP contribution in [0.2, 0.25) is 0 Å². The number of aromatic nitrogens is 4. The van der Waals surface area contributed by atoms with Crippen LogP contribution in [0.3, 0.4) is 0 Å². The Kier molecular flexibility index (Phi) is 6.46. The Hall–Kier alpha value is -3.77. The van der Waals surface area contributed by atoms with Gasteiger partial charge in [-0.15, -0.1) is 5.10 Å². The first-order valence-corrected chi connectivity index (χ1v) is 12.0. The molecule has 2 atom stereocenters. The maximum Gasteiger partial charge on any atom is 0.285 e. The number of nitrogens with two attached hydrogens (primary N) is 1. The average Bonchev–Trinajstić information content (AvgIpc) is 3.44. The summed E-state index contributed by atoms with van der Waals surface area (Å²) >= 11 is 0. The zero-order valence-corrected chi connectivity index (χ0v) is 20.0. The third-order valence-corrected chi connectivity index (χ3v) is 6.75. The van der Waals surface area contributed by atoms with Crippen molar-refractivity contribution in [3.05, 3.63) is 30.1 Å². The molecule has 1 saturated heterocycles. The SMILES string of the molecule is CC(=O)N1CC[C@@H](Nc2nc(N)c3c(-c4ccc5c(n4)C(CCCC(F)F)C=N5)ccn3n2)C(F)(F)C1. The van der Waals surface area contributed by atoms with Gasteiger partial charge in [-0.3, -0.25) is 9.79 Å². The third-order valence-electron chi connectivity index (χ3n) is 6.75. The number of amides is 1. The second-order valence-corrected chi connectivity index (χ2v) is 9.34. The van der Waals surface area contributed by atoms with Crippen LogP contribution in [-0.4, -0.2) is 68.1 Å². The van der Waals surface area contributed by atoms with Crippen molar-refractivity contribution in [2.45, 2.75) is 56.9 Å². The van der Waals surface area contributed by atoms with Gasteiger partial charge in [-0.25, -0.2) is 27.1 Å². The Morgan fingerprint density at radius 1 is 1.27 bits per heavy atom. The monoisotopic (exact) mass is 518 g/mol. The maximum atomic E-state index is 14.7. The van der Waals surface area contributed by atoms with Gasteiger partial charge in [-0.2, -0.15) is 4.98 Å². The highest BCUT2D eigenvalue weighted by atomic mass is 19.3. The molecule has 13 heteroatoms. The molecular weight excluding hydrogens is 492 g/mol. The summed E-state index contributed by atoms with van der Waals surface area (Å²) in [7, 11) is 0. The van der Waals surface area contributed by atoms with Crippen molar-refractivity contribution in [1.82, 2.24) is 24.5 Å². The van der Waals surface area contributed by atoms with Crippen molar-refractivity contribution in [2.24, 2.45) is 4.99 Å². The molecule has 5 heterocycles. The number of nitrogen functional groups attached to an aromatic ring is 1. The fourth-order valence-corrected chi connectivity index (χ4v) is 4.81. The molecule has 2 aliphatic heterocycles. The molecule has 5 rings (SSSR count). The van der Waals surface area contributed by atoms with Gasteiger partial charge in [0.05, 0.1) is 29.7 Å². The number of likely N-dealkylation sites (tertiary alicyclic amines) is 1. The summed E-state index contributed by atoms with van der Waals surface area (Å²) in [6, 6.07) is 4.09. The molecule has 1 fully saturated rings. The number of fused-ring (bicyclic) bond motifs is 2. The van der Waals surface area contributed by atoms with Crippen LogP contribution in [0, 0.1) is 0 Å². The quantitative estimate of drug-likeness (QED) is 0.452. The number of rotatable bonds is 7. The molecule has 37 heavy (non-hydrogen) atoms. The number of aliphatic imine (C=N–C) groups is 1. The van der Waals surface area contributed by atoms with E-state index in [0.717, 1.165) is 4.90 Å². The van der Waals surface area contributed by atoms with E-state index in [-0.39, 0.29) is 37.1 Å². The number of carbonyl (C=O) groups excluding carboxylic acids is 1. The lowest BCUT2D eigenvalue weighted by Gasteiger charge is -2.38. The number of piperidine rings is 1. The molecule has 1 amide bonds. The minimum atomic E-state index is -3.17. The first kappa shape index (κ1) is 24.9. The fraction of sp³-hybridized carbons (Fsp3) is 0.458. The number of nitrogens with zero attached hydrogens (tertiary/aromatic N) is 6. The first-order chi connectivity index (χ1) is 17.6. The van der Waals surface area contributed by atoms with Crippen LogP contribution in [0.25, 0.3) is 16.8 Å². The van der Waals surface area contributed by atoms with Crippen LogP contribution < -0.4 is 11.1 Å². The molecule has 0 aliphatic carbocycles. The van der Waals surface area contributed by atoms with Crippen LogP contribution >= 0.6 is 0 Å². The minimum absolute atomic E-state index is 0.0322. The van der Waals surface area contributed by atoms with Gasteiger partial charge in [-0.1, -0.05) is 0 Å². The Labute approximate surface area is 209 Å². The molecule has 2 aliphatic rings. The number of nitrogens with one attached hydrogen (secondary N) is 1. The summed E-state index contributed by atoms with van der Waals surface area (Å²) < 4.78 is 55.9. The number of hydrogen-bond acceptors (Lipinski definition) is 7. The first-order valence-electron chi connectivity index (χ1n) is 12.0. The van der Waals surface area contributed by atoms with Crippen molar-refractivity contribution in [1.29, 1.82) is 0 Å². The number of carbonyl (C=O) groups is 1. The lowest BCUT2D eigenvalue weighted by atomic mass is 9.99. The molecule has 0 spiro atoms. The Morgan fingerprint density at radius 3 is 2.81 bits per heavy atom. The highest BCUT2D eigenvalue weighted by Crippen LogP contribution is 2.37. The van der Waals surface area contributed by atoms with E-state index in [1.165, 1.54) is 11.4 Å². The summed E-state index contributed by atoms with van der Waals surface area (Å²) in [6.07, 6.45) is 1.77. The lowest BCUT2D eigenvalue weighted by molar-refractivity contribution is -0.140. The van der Waals surface area contributed by atoms with E-state index in [1.807, 2.05) is 6.07 Å². The van der Waals surface area contributed by atoms with Gasteiger partial charge >= 0.3 is 0 Å². The fourth-order valence-electron chi connectivity index (χ4n) is 4.81. The average molecular weight is 519 g/mol. The van der Waals surface area contributed by atoms with Gasteiger partial charge in [0.15, 0.2) is 5.82 Å². The predicted octanol–water partition coefficient (Wildman–Crippen LogP) is 4.28. The van der Waals surface area contributed by atoms with Crippen molar-refractivity contribution < 1.29 is 22.4 Å². The van der Waals surface area contributed by atoms with E-state index in [1.54, 1.807) is 24.5 Å². The van der Waals surface area contributed by atoms with Crippen molar-refractivity contribution in [2.75, 3.05) is 24.1 Å². The van der Waals surface area contributed by atoms with E-state index < -0.39 is 30.8 Å².